The fourth-order valence-electron chi connectivity index (χ4n) is 3.28. The number of carbonyl (C=O) groups excluding carboxylic acids is 1. The SMILES string of the molecule is CCC1(C(=O)O)CCN(C(=O)C2(C)CCCN2)CC1. The number of nitrogens with one attached hydrogen (secondary N) is 1. The lowest BCUT2D eigenvalue weighted by Crippen LogP contribution is -2.56. The van der Waals surface area contributed by atoms with Gasteiger partial charge in [-0.3, -0.25) is 9.59 Å². The van der Waals surface area contributed by atoms with Crippen molar-refractivity contribution in [3.8, 4) is 0 Å². The zero-order valence-electron chi connectivity index (χ0n) is 11.9. The van der Waals surface area contributed by atoms with Crippen molar-refractivity contribution in [2.24, 2.45) is 5.41 Å². The Balaban J connectivity index is 2.00. The van der Waals surface area contributed by atoms with Crippen molar-refractivity contribution in [2.45, 2.75) is 51.5 Å². The number of hydrogen-bond donors (Lipinski definition) is 2. The van der Waals surface area contributed by atoms with E-state index in [4.69, 9.17) is 0 Å². The van der Waals surface area contributed by atoms with Crippen molar-refractivity contribution in [3.63, 3.8) is 0 Å². The van der Waals surface area contributed by atoms with Gasteiger partial charge in [-0.05, 0) is 45.6 Å². The zero-order valence-corrected chi connectivity index (χ0v) is 11.9. The first-order valence-electron chi connectivity index (χ1n) is 7.21. The highest BCUT2D eigenvalue weighted by atomic mass is 16.4. The Kier molecular flexibility index (Phi) is 3.85. The monoisotopic (exact) mass is 268 g/mol. The van der Waals surface area contributed by atoms with Crippen LogP contribution in [0.3, 0.4) is 0 Å². The Morgan fingerprint density at radius 1 is 1.26 bits per heavy atom. The predicted molar refractivity (Wildman–Crippen MR) is 71.8 cm³/mol. The second-order valence-electron chi connectivity index (χ2n) is 6.09. The van der Waals surface area contributed by atoms with E-state index in [1.807, 2.05) is 18.7 Å². The molecule has 0 radical (unpaired) electrons. The summed E-state index contributed by atoms with van der Waals surface area (Å²) in [6.45, 7) is 5.91. The molecule has 0 aromatic heterocycles. The Morgan fingerprint density at radius 2 is 1.89 bits per heavy atom. The van der Waals surface area contributed by atoms with E-state index in [2.05, 4.69) is 5.32 Å². The van der Waals surface area contributed by atoms with Crippen molar-refractivity contribution < 1.29 is 14.7 Å². The molecule has 19 heavy (non-hydrogen) atoms. The maximum atomic E-state index is 12.5. The quantitative estimate of drug-likeness (QED) is 0.808. The van der Waals surface area contributed by atoms with Crippen LogP contribution in [0, 0.1) is 5.41 Å². The summed E-state index contributed by atoms with van der Waals surface area (Å²) in [5.41, 5.74) is -1.06. The molecule has 0 saturated carbocycles. The number of rotatable bonds is 3. The molecule has 2 heterocycles. The molecule has 2 aliphatic rings. The Hall–Kier alpha value is -1.10. The van der Waals surface area contributed by atoms with E-state index in [-0.39, 0.29) is 5.91 Å². The fourth-order valence-corrected chi connectivity index (χ4v) is 3.28. The Labute approximate surface area is 114 Å². The number of hydrogen-bond acceptors (Lipinski definition) is 3. The minimum atomic E-state index is -0.715. The first-order valence-corrected chi connectivity index (χ1v) is 7.21. The molecule has 0 aromatic rings. The van der Waals surface area contributed by atoms with Gasteiger partial charge in [-0.25, -0.2) is 0 Å². The maximum Gasteiger partial charge on any atom is 0.309 e. The average Bonchev–Trinajstić information content (AvgIpc) is 2.86. The lowest BCUT2D eigenvalue weighted by molar-refractivity contribution is -0.155. The van der Waals surface area contributed by atoms with Gasteiger partial charge in [-0.15, -0.1) is 0 Å². The third-order valence-corrected chi connectivity index (χ3v) is 4.98. The molecule has 0 bridgehead atoms. The largest absolute Gasteiger partial charge is 0.481 e. The number of likely N-dealkylation sites (tertiary alicyclic amines) is 1. The molecule has 2 saturated heterocycles. The van der Waals surface area contributed by atoms with Crippen LogP contribution in [0.2, 0.25) is 0 Å². The molecule has 0 aliphatic carbocycles. The van der Waals surface area contributed by atoms with Crippen LogP contribution in [-0.4, -0.2) is 47.1 Å². The summed E-state index contributed by atoms with van der Waals surface area (Å²) in [6.07, 6.45) is 3.69. The van der Waals surface area contributed by atoms with E-state index in [1.54, 1.807) is 0 Å². The molecule has 5 nitrogen and oxygen atoms in total. The number of piperidine rings is 1. The molecule has 108 valence electrons. The first-order chi connectivity index (χ1) is 8.93. The van der Waals surface area contributed by atoms with E-state index >= 15 is 0 Å². The molecule has 1 amide bonds. The summed E-state index contributed by atoms with van der Waals surface area (Å²) in [7, 11) is 0. The number of carboxylic acid groups (broad SMARTS) is 1. The third-order valence-electron chi connectivity index (χ3n) is 4.98. The molecule has 2 N–H and O–H groups in total. The van der Waals surface area contributed by atoms with Crippen molar-refractivity contribution in [1.29, 1.82) is 0 Å². The maximum absolute atomic E-state index is 12.5. The van der Waals surface area contributed by atoms with Gasteiger partial charge < -0.3 is 15.3 Å². The summed E-state index contributed by atoms with van der Waals surface area (Å²) in [5, 5.41) is 12.6. The van der Waals surface area contributed by atoms with Gasteiger partial charge in [-0.2, -0.15) is 0 Å². The van der Waals surface area contributed by atoms with Gasteiger partial charge >= 0.3 is 5.97 Å². The predicted octanol–water partition coefficient (Wildman–Crippen LogP) is 1.23. The number of nitrogens with zero attached hydrogens (tertiary/aromatic N) is 1. The second kappa shape index (κ2) is 5.12. The van der Waals surface area contributed by atoms with E-state index in [9.17, 15) is 14.7 Å². The summed E-state index contributed by atoms with van der Waals surface area (Å²) in [4.78, 5) is 25.7. The minimum Gasteiger partial charge on any atom is -0.481 e. The van der Waals surface area contributed by atoms with Gasteiger partial charge in [0, 0.05) is 13.1 Å². The number of carbonyl (C=O) groups is 2. The molecule has 1 atom stereocenters. The molecule has 0 spiro atoms. The third kappa shape index (κ3) is 2.48. The van der Waals surface area contributed by atoms with Gasteiger partial charge in [-0.1, -0.05) is 6.92 Å². The molecule has 2 fully saturated rings. The highest BCUT2D eigenvalue weighted by Crippen LogP contribution is 2.36. The molecule has 2 aliphatic heterocycles. The van der Waals surface area contributed by atoms with Gasteiger partial charge in [0.05, 0.1) is 11.0 Å². The molecule has 5 heteroatoms. The molecule has 2 rings (SSSR count). The van der Waals surface area contributed by atoms with Crippen LogP contribution in [0.1, 0.15) is 46.0 Å². The van der Waals surface area contributed by atoms with Crippen LogP contribution in [0.15, 0.2) is 0 Å². The Morgan fingerprint density at radius 3 is 2.32 bits per heavy atom. The van der Waals surface area contributed by atoms with E-state index in [1.165, 1.54) is 0 Å². The molecular formula is C14H24N2O3. The van der Waals surface area contributed by atoms with Crippen LogP contribution in [0.5, 0.6) is 0 Å². The lowest BCUT2D eigenvalue weighted by Gasteiger charge is -2.41. The minimum absolute atomic E-state index is 0.139. The van der Waals surface area contributed by atoms with Crippen LogP contribution in [0.25, 0.3) is 0 Å². The van der Waals surface area contributed by atoms with E-state index in [0.717, 1.165) is 19.4 Å². The fraction of sp³-hybridized carbons (Fsp3) is 0.857. The van der Waals surface area contributed by atoms with Crippen molar-refractivity contribution in [2.75, 3.05) is 19.6 Å². The van der Waals surface area contributed by atoms with Crippen LogP contribution < -0.4 is 5.32 Å². The highest BCUT2D eigenvalue weighted by molar-refractivity contribution is 5.86. The molecule has 0 aromatic carbocycles. The van der Waals surface area contributed by atoms with Crippen molar-refractivity contribution in [3.05, 3.63) is 0 Å². The number of aliphatic carboxylic acids is 1. The summed E-state index contributed by atoms with van der Waals surface area (Å²) in [6, 6.07) is 0. The van der Waals surface area contributed by atoms with Crippen molar-refractivity contribution >= 4 is 11.9 Å². The topological polar surface area (TPSA) is 69.6 Å². The smallest absolute Gasteiger partial charge is 0.309 e. The summed E-state index contributed by atoms with van der Waals surface area (Å²) < 4.78 is 0. The lowest BCUT2D eigenvalue weighted by atomic mass is 9.76. The van der Waals surface area contributed by atoms with Crippen molar-refractivity contribution in [1.82, 2.24) is 10.2 Å². The Bertz CT molecular complexity index is 367. The van der Waals surface area contributed by atoms with Gasteiger partial charge in [0.1, 0.15) is 0 Å². The molecular weight excluding hydrogens is 244 g/mol. The van der Waals surface area contributed by atoms with Gasteiger partial charge in [0.2, 0.25) is 5.91 Å². The summed E-state index contributed by atoms with van der Waals surface area (Å²) in [5.74, 6) is -0.576. The van der Waals surface area contributed by atoms with Crippen LogP contribution >= 0.6 is 0 Å². The number of amides is 1. The van der Waals surface area contributed by atoms with Gasteiger partial charge in [0.25, 0.3) is 0 Å². The van der Waals surface area contributed by atoms with Crippen LogP contribution in [-0.2, 0) is 9.59 Å². The normalized spacial score (nSPS) is 30.3. The number of carboxylic acids is 1. The average molecular weight is 268 g/mol. The van der Waals surface area contributed by atoms with Crippen LogP contribution in [0.4, 0.5) is 0 Å². The molecule has 1 unspecified atom stereocenters. The first kappa shape index (κ1) is 14.3. The van der Waals surface area contributed by atoms with E-state index < -0.39 is 16.9 Å². The van der Waals surface area contributed by atoms with E-state index in [0.29, 0.717) is 32.4 Å². The van der Waals surface area contributed by atoms with Gasteiger partial charge in [0.15, 0.2) is 0 Å². The second-order valence-corrected chi connectivity index (χ2v) is 6.09. The standard InChI is InChI=1S/C14H24N2O3/c1-3-14(12(18)19)6-9-16(10-7-14)11(17)13(2)5-4-8-15-13/h15H,3-10H2,1-2H3,(H,18,19). The zero-order chi connectivity index (χ0) is 14.1. The highest BCUT2D eigenvalue weighted by Gasteiger charge is 2.44. The summed E-state index contributed by atoms with van der Waals surface area (Å²) >= 11 is 0.